The normalized spacial score (nSPS) is 12.4. The predicted molar refractivity (Wildman–Crippen MR) is 96.4 cm³/mol. The Morgan fingerprint density at radius 1 is 1.20 bits per heavy atom. The van der Waals surface area contributed by atoms with Gasteiger partial charge in [0.05, 0.1) is 5.69 Å². The van der Waals surface area contributed by atoms with Crippen LogP contribution < -0.4 is 9.21 Å². The number of likely N-dealkylation sites (N-methyl/N-ethyl adjacent to an activating group) is 1. The highest BCUT2D eigenvalue weighted by Gasteiger charge is 2.25. The van der Waals surface area contributed by atoms with Gasteiger partial charge in [0.15, 0.2) is 0 Å². The molecule has 0 saturated carbocycles. The standard InChI is InChI=1S/C17H21N3O4S/c1-4-20(14-8-6-5-7-9-14)25(23,24)15-10-11-16(18-12-15)19(3)13(2)17(21)22/h5-13H,4H2,1-3H3,(H,21,22). The molecule has 0 radical (unpaired) electrons. The zero-order valence-electron chi connectivity index (χ0n) is 14.3. The Morgan fingerprint density at radius 3 is 2.32 bits per heavy atom. The SMILES string of the molecule is CCN(c1ccccc1)S(=O)(=O)c1ccc(N(C)C(C)C(=O)O)nc1. The minimum atomic E-state index is -3.75. The van der Waals surface area contributed by atoms with Crippen LogP contribution in [0.15, 0.2) is 53.6 Å². The number of carboxylic acid groups (broad SMARTS) is 1. The van der Waals surface area contributed by atoms with E-state index in [1.54, 1.807) is 38.2 Å². The smallest absolute Gasteiger partial charge is 0.326 e. The lowest BCUT2D eigenvalue weighted by molar-refractivity contribution is -0.138. The van der Waals surface area contributed by atoms with Crippen LogP contribution in [0.2, 0.25) is 0 Å². The van der Waals surface area contributed by atoms with Crippen molar-refractivity contribution in [3.05, 3.63) is 48.7 Å². The number of benzene rings is 1. The lowest BCUT2D eigenvalue weighted by Gasteiger charge is -2.24. The van der Waals surface area contributed by atoms with Gasteiger partial charge in [0.1, 0.15) is 16.8 Å². The van der Waals surface area contributed by atoms with Crippen LogP contribution in [-0.2, 0) is 14.8 Å². The third kappa shape index (κ3) is 3.90. The van der Waals surface area contributed by atoms with Crippen molar-refractivity contribution >= 4 is 27.5 Å². The summed E-state index contributed by atoms with van der Waals surface area (Å²) in [7, 11) is -2.15. The molecule has 2 aromatic rings. The van der Waals surface area contributed by atoms with Crippen molar-refractivity contribution in [3.63, 3.8) is 0 Å². The maximum absolute atomic E-state index is 12.9. The molecular weight excluding hydrogens is 342 g/mol. The summed E-state index contributed by atoms with van der Waals surface area (Å²) in [5.74, 6) is -0.598. The second-order valence-corrected chi connectivity index (χ2v) is 7.34. The Bertz CT molecular complexity index is 823. The van der Waals surface area contributed by atoms with Crippen molar-refractivity contribution < 1.29 is 18.3 Å². The Hall–Kier alpha value is -2.61. The Kier molecular flexibility index (Phi) is 5.63. The molecule has 1 unspecified atom stereocenters. The van der Waals surface area contributed by atoms with Crippen molar-refractivity contribution in [1.82, 2.24) is 4.98 Å². The molecular formula is C17H21N3O4S. The lowest BCUT2D eigenvalue weighted by Crippen LogP contribution is -2.36. The maximum Gasteiger partial charge on any atom is 0.326 e. The van der Waals surface area contributed by atoms with Gasteiger partial charge in [0, 0.05) is 19.8 Å². The largest absolute Gasteiger partial charge is 0.480 e. The molecule has 0 fully saturated rings. The van der Waals surface area contributed by atoms with E-state index in [-0.39, 0.29) is 11.4 Å². The molecule has 0 amide bonds. The lowest BCUT2D eigenvalue weighted by atomic mass is 10.3. The molecule has 134 valence electrons. The van der Waals surface area contributed by atoms with E-state index in [0.717, 1.165) is 0 Å². The summed E-state index contributed by atoms with van der Waals surface area (Å²) >= 11 is 0. The van der Waals surface area contributed by atoms with Crippen LogP contribution in [0.1, 0.15) is 13.8 Å². The molecule has 7 nitrogen and oxygen atoms in total. The van der Waals surface area contributed by atoms with Crippen molar-refractivity contribution in [2.24, 2.45) is 0 Å². The number of hydrogen-bond acceptors (Lipinski definition) is 5. The first-order valence-corrected chi connectivity index (χ1v) is 9.22. The van der Waals surface area contributed by atoms with E-state index >= 15 is 0 Å². The summed E-state index contributed by atoms with van der Waals surface area (Å²) < 4.78 is 27.0. The zero-order valence-corrected chi connectivity index (χ0v) is 15.1. The fourth-order valence-corrected chi connectivity index (χ4v) is 3.73. The van der Waals surface area contributed by atoms with Gasteiger partial charge in [0.25, 0.3) is 10.0 Å². The first-order chi connectivity index (χ1) is 11.8. The summed E-state index contributed by atoms with van der Waals surface area (Å²) in [6.45, 7) is 3.57. The van der Waals surface area contributed by atoms with Crippen LogP contribution >= 0.6 is 0 Å². The maximum atomic E-state index is 12.9. The Balaban J connectivity index is 2.33. The topological polar surface area (TPSA) is 90.8 Å². The quantitative estimate of drug-likeness (QED) is 0.811. The van der Waals surface area contributed by atoms with E-state index in [1.165, 1.54) is 34.5 Å². The van der Waals surface area contributed by atoms with Gasteiger partial charge in [-0.15, -0.1) is 0 Å². The van der Waals surface area contributed by atoms with Gasteiger partial charge in [0.2, 0.25) is 0 Å². The van der Waals surface area contributed by atoms with Gasteiger partial charge in [-0.25, -0.2) is 18.2 Å². The molecule has 25 heavy (non-hydrogen) atoms. The van der Waals surface area contributed by atoms with E-state index < -0.39 is 22.0 Å². The number of pyridine rings is 1. The number of anilines is 2. The molecule has 1 aromatic carbocycles. The summed E-state index contributed by atoms with van der Waals surface area (Å²) in [6, 6.07) is 11.0. The minimum absolute atomic E-state index is 0.0540. The minimum Gasteiger partial charge on any atom is -0.480 e. The van der Waals surface area contributed by atoms with E-state index in [1.807, 2.05) is 6.07 Å². The summed E-state index contributed by atoms with van der Waals surface area (Å²) in [4.78, 5) is 16.7. The molecule has 1 N–H and O–H groups in total. The van der Waals surface area contributed by atoms with Crippen molar-refractivity contribution in [2.75, 3.05) is 22.8 Å². The second-order valence-electron chi connectivity index (χ2n) is 5.48. The van der Waals surface area contributed by atoms with Gasteiger partial charge < -0.3 is 10.0 Å². The van der Waals surface area contributed by atoms with Crippen LogP contribution in [0.3, 0.4) is 0 Å². The van der Waals surface area contributed by atoms with Gasteiger partial charge in [-0.1, -0.05) is 18.2 Å². The molecule has 0 bridgehead atoms. The fourth-order valence-electron chi connectivity index (χ4n) is 2.31. The summed E-state index contributed by atoms with van der Waals surface area (Å²) in [5.41, 5.74) is 0.575. The third-order valence-electron chi connectivity index (χ3n) is 3.94. The van der Waals surface area contributed by atoms with Crippen LogP contribution in [0.4, 0.5) is 11.5 Å². The van der Waals surface area contributed by atoms with Crippen molar-refractivity contribution in [1.29, 1.82) is 0 Å². The van der Waals surface area contributed by atoms with Crippen molar-refractivity contribution in [2.45, 2.75) is 24.8 Å². The van der Waals surface area contributed by atoms with Crippen molar-refractivity contribution in [3.8, 4) is 0 Å². The molecule has 0 saturated heterocycles. The molecule has 0 spiro atoms. The second kappa shape index (κ2) is 7.52. The highest BCUT2D eigenvalue weighted by atomic mass is 32.2. The Morgan fingerprint density at radius 2 is 1.84 bits per heavy atom. The zero-order chi connectivity index (χ0) is 18.6. The number of nitrogens with zero attached hydrogens (tertiary/aromatic N) is 3. The van der Waals surface area contributed by atoms with Gasteiger partial charge in [-0.05, 0) is 38.1 Å². The average Bonchev–Trinajstić information content (AvgIpc) is 2.61. The van der Waals surface area contributed by atoms with Gasteiger partial charge in [-0.2, -0.15) is 0 Å². The molecule has 8 heteroatoms. The van der Waals surface area contributed by atoms with Gasteiger partial charge in [-0.3, -0.25) is 4.31 Å². The predicted octanol–water partition coefficient (Wildman–Crippen LogP) is 2.21. The van der Waals surface area contributed by atoms with E-state index in [9.17, 15) is 13.2 Å². The number of aromatic nitrogens is 1. The fraction of sp³-hybridized carbons (Fsp3) is 0.294. The number of hydrogen-bond donors (Lipinski definition) is 1. The number of carboxylic acids is 1. The molecule has 0 aliphatic carbocycles. The monoisotopic (exact) mass is 363 g/mol. The molecule has 2 rings (SSSR count). The van der Waals surface area contributed by atoms with Crippen LogP contribution in [0.5, 0.6) is 0 Å². The highest BCUT2D eigenvalue weighted by Crippen LogP contribution is 2.24. The molecule has 0 aliphatic rings. The number of rotatable bonds is 7. The van der Waals surface area contributed by atoms with E-state index in [4.69, 9.17) is 5.11 Å². The molecule has 0 aliphatic heterocycles. The third-order valence-corrected chi connectivity index (χ3v) is 5.83. The highest BCUT2D eigenvalue weighted by molar-refractivity contribution is 7.92. The summed E-state index contributed by atoms with van der Waals surface area (Å²) in [5, 5.41) is 9.06. The first-order valence-electron chi connectivity index (χ1n) is 7.78. The van der Waals surface area contributed by atoms with Crippen LogP contribution in [0, 0.1) is 0 Å². The number of para-hydroxylation sites is 1. The molecule has 1 atom stereocenters. The average molecular weight is 363 g/mol. The van der Waals surface area contributed by atoms with E-state index in [2.05, 4.69) is 4.98 Å². The number of aliphatic carboxylic acids is 1. The number of carbonyl (C=O) groups is 1. The first kappa shape index (κ1) is 18.7. The Labute approximate surface area is 147 Å². The van der Waals surface area contributed by atoms with Crippen LogP contribution in [-0.4, -0.2) is 44.1 Å². The molecule has 1 aromatic heterocycles. The van der Waals surface area contributed by atoms with E-state index in [0.29, 0.717) is 11.5 Å². The summed E-state index contributed by atoms with van der Waals surface area (Å²) in [6.07, 6.45) is 1.25. The molecule has 1 heterocycles. The van der Waals surface area contributed by atoms with Crippen LogP contribution in [0.25, 0.3) is 0 Å². The number of sulfonamides is 1. The van der Waals surface area contributed by atoms with Gasteiger partial charge >= 0.3 is 5.97 Å².